The second-order valence-electron chi connectivity index (χ2n) is 4.35. The SMILES string of the molecule is Cn1cc(/C=C2\COc3c(F)cccc3C2=O)cn1. The fraction of sp³-hybridized carbons (Fsp3) is 0.143. The van der Waals surface area contributed by atoms with Crippen molar-refractivity contribution in [2.24, 2.45) is 7.05 Å². The number of carbonyl (C=O) groups excluding carboxylic acids is 1. The zero-order valence-corrected chi connectivity index (χ0v) is 10.3. The largest absolute Gasteiger partial charge is 0.485 e. The molecule has 19 heavy (non-hydrogen) atoms. The molecule has 0 saturated heterocycles. The van der Waals surface area contributed by atoms with Crippen molar-refractivity contribution < 1.29 is 13.9 Å². The highest BCUT2D eigenvalue weighted by Crippen LogP contribution is 2.30. The first kappa shape index (κ1) is 11.6. The number of ether oxygens (including phenoxy) is 1. The number of Topliss-reactive ketones (excluding diaryl/α,β-unsaturated/α-hetero) is 1. The molecule has 3 rings (SSSR count). The molecule has 2 heterocycles. The number of aryl methyl sites for hydroxylation is 1. The van der Waals surface area contributed by atoms with Gasteiger partial charge in [-0.25, -0.2) is 4.39 Å². The van der Waals surface area contributed by atoms with Crippen molar-refractivity contribution in [3.05, 3.63) is 53.1 Å². The normalized spacial score (nSPS) is 16.3. The quantitative estimate of drug-likeness (QED) is 0.737. The van der Waals surface area contributed by atoms with Crippen molar-refractivity contribution in [2.45, 2.75) is 0 Å². The smallest absolute Gasteiger partial charge is 0.196 e. The molecule has 0 amide bonds. The van der Waals surface area contributed by atoms with E-state index in [0.29, 0.717) is 5.57 Å². The summed E-state index contributed by atoms with van der Waals surface area (Å²) in [5, 5.41) is 4.03. The predicted octanol–water partition coefficient (Wildman–Crippen LogP) is 2.22. The van der Waals surface area contributed by atoms with E-state index in [1.165, 1.54) is 12.1 Å². The van der Waals surface area contributed by atoms with Gasteiger partial charge in [-0.3, -0.25) is 9.48 Å². The Bertz CT molecular complexity index is 689. The second-order valence-corrected chi connectivity index (χ2v) is 4.35. The van der Waals surface area contributed by atoms with Crippen LogP contribution in [0.25, 0.3) is 6.08 Å². The van der Waals surface area contributed by atoms with Crippen LogP contribution < -0.4 is 4.74 Å². The van der Waals surface area contributed by atoms with Crippen LogP contribution in [0.4, 0.5) is 4.39 Å². The Morgan fingerprint density at radius 2 is 2.32 bits per heavy atom. The van der Waals surface area contributed by atoms with Gasteiger partial charge in [-0.1, -0.05) is 6.07 Å². The van der Waals surface area contributed by atoms with E-state index in [9.17, 15) is 9.18 Å². The van der Waals surface area contributed by atoms with E-state index < -0.39 is 5.82 Å². The van der Waals surface area contributed by atoms with Crippen LogP contribution in [-0.4, -0.2) is 22.2 Å². The first-order chi connectivity index (χ1) is 9.15. The third kappa shape index (κ3) is 2.03. The highest BCUT2D eigenvalue weighted by molar-refractivity contribution is 6.14. The number of benzene rings is 1. The molecule has 0 atom stereocenters. The number of hydrogen-bond donors (Lipinski definition) is 0. The van der Waals surface area contributed by atoms with Gasteiger partial charge in [0, 0.05) is 24.4 Å². The molecule has 0 unspecified atom stereocenters. The predicted molar refractivity (Wildman–Crippen MR) is 67.4 cm³/mol. The molecule has 0 aliphatic carbocycles. The van der Waals surface area contributed by atoms with Gasteiger partial charge in [0.2, 0.25) is 0 Å². The molecule has 0 spiro atoms. The molecule has 2 aromatic rings. The number of ketones is 1. The van der Waals surface area contributed by atoms with Crippen LogP contribution in [-0.2, 0) is 7.05 Å². The maximum Gasteiger partial charge on any atom is 0.196 e. The minimum atomic E-state index is -0.508. The number of aromatic nitrogens is 2. The Morgan fingerprint density at radius 1 is 1.47 bits per heavy atom. The number of para-hydroxylation sites is 1. The van der Waals surface area contributed by atoms with Gasteiger partial charge in [0.25, 0.3) is 0 Å². The van der Waals surface area contributed by atoms with Crippen LogP contribution in [0.5, 0.6) is 5.75 Å². The maximum absolute atomic E-state index is 13.5. The minimum absolute atomic E-state index is 0.0378. The number of carbonyl (C=O) groups is 1. The van der Waals surface area contributed by atoms with E-state index in [4.69, 9.17) is 4.74 Å². The van der Waals surface area contributed by atoms with E-state index in [1.807, 2.05) is 0 Å². The van der Waals surface area contributed by atoms with E-state index in [1.54, 1.807) is 36.3 Å². The van der Waals surface area contributed by atoms with Crippen molar-refractivity contribution in [1.82, 2.24) is 9.78 Å². The Labute approximate surface area is 109 Å². The summed E-state index contributed by atoms with van der Waals surface area (Å²) in [6, 6.07) is 4.35. The fourth-order valence-corrected chi connectivity index (χ4v) is 2.05. The van der Waals surface area contributed by atoms with Crippen LogP contribution in [0.15, 0.2) is 36.2 Å². The van der Waals surface area contributed by atoms with Gasteiger partial charge in [0.1, 0.15) is 6.61 Å². The van der Waals surface area contributed by atoms with Crippen molar-refractivity contribution in [2.75, 3.05) is 6.61 Å². The summed E-state index contributed by atoms with van der Waals surface area (Å²) < 4.78 is 20.5. The lowest BCUT2D eigenvalue weighted by molar-refractivity contribution is 0.0998. The second kappa shape index (κ2) is 4.35. The van der Waals surface area contributed by atoms with E-state index in [0.717, 1.165) is 5.56 Å². The number of halogens is 1. The van der Waals surface area contributed by atoms with E-state index >= 15 is 0 Å². The monoisotopic (exact) mass is 258 g/mol. The van der Waals surface area contributed by atoms with Gasteiger partial charge in [-0.15, -0.1) is 0 Å². The Balaban J connectivity index is 2.00. The first-order valence-corrected chi connectivity index (χ1v) is 5.80. The van der Waals surface area contributed by atoms with Gasteiger partial charge >= 0.3 is 0 Å². The van der Waals surface area contributed by atoms with Crippen molar-refractivity contribution in [3.63, 3.8) is 0 Å². The molecular formula is C14H11FN2O2. The number of hydrogen-bond acceptors (Lipinski definition) is 3. The van der Waals surface area contributed by atoms with Gasteiger partial charge in [-0.05, 0) is 18.2 Å². The molecule has 0 saturated carbocycles. The number of fused-ring (bicyclic) bond motifs is 1. The highest BCUT2D eigenvalue weighted by Gasteiger charge is 2.25. The zero-order chi connectivity index (χ0) is 13.4. The average Bonchev–Trinajstić information content (AvgIpc) is 2.79. The lowest BCUT2D eigenvalue weighted by Gasteiger charge is -2.18. The van der Waals surface area contributed by atoms with Crippen LogP contribution in [0.2, 0.25) is 0 Å². The molecule has 1 aliphatic heterocycles. The minimum Gasteiger partial charge on any atom is -0.485 e. The molecule has 0 bridgehead atoms. The first-order valence-electron chi connectivity index (χ1n) is 5.80. The lowest BCUT2D eigenvalue weighted by atomic mass is 9.99. The summed E-state index contributed by atoms with van der Waals surface area (Å²) in [5.41, 5.74) is 1.57. The molecule has 1 aliphatic rings. The molecule has 0 N–H and O–H groups in total. The van der Waals surface area contributed by atoms with Crippen LogP contribution in [0.1, 0.15) is 15.9 Å². The van der Waals surface area contributed by atoms with Crippen LogP contribution >= 0.6 is 0 Å². The molecule has 4 nitrogen and oxygen atoms in total. The zero-order valence-electron chi connectivity index (χ0n) is 10.3. The third-order valence-corrected chi connectivity index (χ3v) is 2.94. The highest BCUT2D eigenvalue weighted by atomic mass is 19.1. The molecule has 96 valence electrons. The van der Waals surface area contributed by atoms with Gasteiger partial charge in [0.05, 0.1) is 11.8 Å². The Kier molecular flexibility index (Phi) is 2.67. The summed E-state index contributed by atoms with van der Waals surface area (Å²) in [5.74, 6) is -0.674. The van der Waals surface area contributed by atoms with Crippen LogP contribution in [0, 0.1) is 5.82 Å². The third-order valence-electron chi connectivity index (χ3n) is 2.94. The van der Waals surface area contributed by atoms with Crippen molar-refractivity contribution in [3.8, 4) is 5.75 Å². The summed E-state index contributed by atoms with van der Waals surface area (Å²) >= 11 is 0. The summed E-state index contributed by atoms with van der Waals surface area (Å²) in [6.45, 7) is 0.0711. The molecule has 0 radical (unpaired) electrons. The molecular weight excluding hydrogens is 247 g/mol. The van der Waals surface area contributed by atoms with Crippen molar-refractivity contribution >= 4 is 11.9 Å². The van der Waals surface area contributed by atoms with E-state index in [-0.39, 0.29) is 23.7 Å². The Morgan fingerprint density at radius 3 is 3.05 bits per heavy atom. The summed E-state index contributed by atoms with van der Waals surface area (Å²) in [4.78, 5) is 12.2. The van der Waals surface area contributed by atoms with Gasteiger partial charge in [-0.2, -0.15) is 5.10 Å². The van der Waals surface area contributed by atoms with Gasteiger partial charge in [0.15, 0.2) is 17.3 Å². The number of nitrogens with zero attached hydrogens (tertiary/aromatic N) is 2. The van der Waals surface area contributed by atoms with E-state index in [2.05, 4.69) is 5.10 Å². The van der Waals surface area contributed by atoms with Crippen molar-refractivity contribution in [1.29, 1.82) is 0 Å². The fourth-order valence-electron chi connectivity index (χ4n) is 2.05. The average molecular weight is 258 g/mol. The standard InChI is InChI=1S/C14H11FN2O2/c1-17-7-9(6-16-17)5-10-8-19-14-11(13(10)18)3-2-4-12(14)15/h2-7H,8H2,1H3/b10-5+. The number of rotatable bonds is 1. The summed E-state index contributed by atoms with van der Waals surface area (Å²) in [7, 11) is 1.80. The Hall–Kier alpha value is -2.43. The van der Waals surface area contributed by atoms with Crippen LogP contribution in [0.3, 0.4) is 0 Å². The maximum atomic E-state index is 13.5. The topological polar surface area (TPSA) is 44.1 Å². The lowest BCUT2D eigenvalue weighted by Crippen LogP contribution is -2.19. The molecule has 0 fully saturated rings. The molecule has 1 aromatic carbocycles. The summed E-state index contributed by atoms with van der Waals surface area (Å²) in [6.07, 6.45) is 5.16. The van der Waals surface area contributed by atoms with Gasteiger partial charge < -0.3 is 4.74 Å². The molecule has 1 aromatic heterocycles. The molecule has 5 heteroatoms.